The second-order valence-corrected chi connectivity index (χ2v) is 6.86. The Labute approximate surface area is 136 Å². The molecule has 4 heteroatoms. The maximum atomic E-state index is 4.23. The molecule has 1 saturated heterocycles. The number of aryl methyl sites for hydroxylation is 1. The van der Waals surface area contributed by atoms with Gasteiger partial charge in [0.25, 0.3) is 0 Å². The van der Waals surface area contributed by atoms with E-state index in [0.29, 0.717) is 6.04 Å². The number of nitrogens with zero attached hydrogens (tertiary/aromatic N) is 4. The first-order valence-corrected chi connectivity index (χ1v) is 8.60. The SMILES string of the molecule is Cc1ccncc1CN(C)CCCN1CCN(C(C)C)CC1. The number of rotatable bonds is 7. The first-order chi connectivity index (χ1) is 10.6. The Kier molecular flexibility index (Phi) is 6.80. The summed E-state index contributed by atoms with van der Waals surface area (Å²) in [6, 6.07) is 2.79. The predicted molar refractivity (Wildman–Crippen MR) is 93.1 cm³/mol. The Bertz CT molecular complexity index is 438. The van der Waals surface area contributed by atoms with Crippen LogP contribution in [0.3, 0.4) is 0 Å². The third-order valence-electron chi connectivity index (χ3n) is 4.74. The molecule has 0 unspecified atom stereocenters. The fourth-order valence-corrected chi connectivity index (χ4v) is 3.10. The second kappa shape index (κ2) is 8.61. The summed E-state index contributed by atoms with van der Waals surface area (Å²) < 4.78 is 0. The number of aromatic nitrogens is 1. The third kappa shape index (κ3) is 5.34. The van der Waals surface area contributed by atoms with Crippen molar-refractivity contribution in [3.8, 4) is 0 Å². The molecule has 1 aliphatic heterocycles. The minimum absolute atomic E-state index is 0.691. The van der Waals surface area contributed by atoms with E-state index in [1.54, 1.807) is 0 Å². The van der Waals surface area contributed by atoms with Crippen molar-refractivity contribution < 1.29 is 0 Å². The van der Waals surface area contributed by atoms with Crippen molar-refractivity contribution in [1.82, 2.24) is 19.7 Å². The molecule has 0 bridgehead atoms. The van der Waals surface area contributed by atoms with Gasteiger partial charge in [-0.15, -0.1) is 0 Å². The lowest BCUT2D eigenvalue weighted by molar-refractivity contribution is 0.105. The van der Waals surface area contributed by atoms with Gasteiger partial charge in [0.1, 0.15) is 0 Å². The van der Waals surface area contributed by atoms with Crippen LogP contribution in [-0.4, -0.2) is 72.0 Å². The van der Waals surface area contributed by atoms with Crippen LogP contribution in [0.2, 0.25) is 0 Å². The molecular weight excluding hydrogens is 272 g/mol. The zero-order chi connectivity index (χ0) is 15.9. The third-order valence-corrected chi connectivity index (χ3v) is 4.74. The number of hydrogen-bond acceptors (Lipinski definition) is 4. The molecule has 1 aromatic rings. The molecule has 1 aliphatic rings. The van der Waals surface area contributed by atoms with Crippen molar-refractivity contribution in [1.29, 1.82) is 0 Å². The van der Waals surface area contributed by atoms with Crippen molar-refractivity contribution in [2.24, 2.45) is 0 Å². The average molecular weight is 304 g/mol. The largest absolute Gasteiger partial charge is 0.302 e. The summed E-state index contributed by atoms with van der Waals surface area (Å²) in [5.74, 6) is 0. The van der Waals surface area contributed by atoms with Crippen molar-refractivity contribution in [2.45, 2.75) is 39.8 Å². The van der Waals surface area contributed by atoms with Gasteiger partial charge in [0, 0.05) is 51.2 Å². The molecule has 124 valence electrons. The van der Waals surface area contributed by atoms with Gasteiger partial charge in [-0.2, -0.15) is 0 Å². The Hall–Kier alpha value is -0.970. The molecule has 2 heterocycles. The van der Waals surface area contributed by atoms with E-state index in [-0.39, 0.29) is 0 Å². The van der Waals surface area contributed by atoms with Crippen molar-refractivity contribution >= 4 is 0 Å². The molecule has 0 N–H and O–H groups in total. The average Bonchev–Trinajstić information content (AvgIpc) is 2.50. The molecule has 0 radical (unpaired) electrons. The fraction of sp³-hybridized carbons (Fsp3) is 0.722. The van der Waals surface area contributed by atoms with E-state index in [0.717, 1.165) is 13.1 Å². The van der Waals surface area contributed by atoms with E-state index in [1.165, 1.54) is 50.3 Å². The van der Waals surface area contributed by atoms with Crippen molar-refractivity contribution in [3.63, 3.8) is 0 Å². The lowest BCUT2D eigenvalue weighted by Crippen LogP contribution is -2.49. The van der Waals surface area contributed by atoms with Gasteiger partial charge in [-0.1, -0.05) is 0 Å². The zero-order valence-electron chi connectivity index (χ0n) is 14.8. The molecule has 1 aromatic heterocycles. The molecule has 2 rings (SSSR count). The van der Waals surface area contributed by atoms with Crippen LogP contribution in [0.25, 0.3) is 0 Å². The maximum Gasteiger partial charge on any atom is 0.0315 e. The smallest absolute Gasteiger partial charge is 0.0315 e. The van der Waals surface area contributed by atoms with Gasteiger partial charge >= 0.3 is 0 Å². The van der Waals surface area contributed by atoms with Crippen LogP contribution < -0.4 is 0 Å². The van der Waals surface area contributed by atoms with Crippen molar-refractivity contribution in [2.75, 3.05) is 46.3 Å². The minimum Gasteiger partial charge on any atom is -0.302 e. The first kappa shape index (κ1) is 17.4. The number of hydrogen-bond donors (Lipinski definition) is 0. The highest BCUT2D eigenvalue weighted by atomic mass is 15.3. The van der Waals surface area contributed by atoms with E-state index in [1.807, 2.05) is 12.4 Å². The van der Waals surface area contributed by atoms with Crippen LogP contribution in [0.5, 0.6) is 0 Å². The zero-order valence-corrected chi connectivity index (χ0v) is 14.8. The molecule has 0 saturated carbocycles. The Morgan fingerprint density at radius 2 is 1.95 bits per heavy atom. The summed E-state index contributed by atoms with van der Waals surface area (Å²) in [6.07, 6.45) is 5.12. The Balaban J connectivity index is 1.64. The number of piperazine rings is 1. The molecule has 0 aliphatic carbocycles. The Morgan fingerprint density at radius 1 is 1.23 bits per heavy atom. The summed E-state index contributed by atoms with van der Waals surface area (Å²) in [5, 5.41) is 0. The van der Waals surface area contributed by atoms with Gasteiger partial charge in [-0.3, -0.25) is 9.88 Å². The van der Waals surface area contributed by atoms with Gasteiger partial charge in [-0.05, 0) is 64.5 Å². The predicted octanol–water partition coefficient (Wildman–Crippen LogP) is 2.24. The van der Waals surface area contributed by atoms with Crippen LogP contribution in [-0.2, 0) is 6.54 Å². The lowest BCUT2D eigenvalue weighted by Gasteiger charge is -2.37. The highest BCUT2D eigenvalue weighted by Gasteiger charge is 2.18. The van der Waals surface area contributed by atoms with Crippen LogP contribution in [0.1, 0.15) is 31.4 Å². The summed E-state index contributed by atoms with van der Waals surface area (Å²) in [7, 11) is 2.21. The molecule has 4 nitrogen and oxygen atoms in total. The number of pyridine rings is 1. The van der Waals surface area contributed by atoms with Crippen LogP contribution in [0, 0.1) is 6.92 Å². The lowest BCUT2D eigenvalue weighted by atomic mass is 10.1. The van der Waals surface area contributed by atoms with Crippen LogP contribution in [0.4, 0.5) is 0 Å². The van der Waals surface area contributed by atoms with Gasteiger partial charge in [-0.25, -0.2) is 0 Å². The molecular formula is C18H32N4. The molecule has 0 spiro atoms. The monoisotopic (exact) mass is 304 g/mol. The first-order valence-electron chi connectivity index (χ1n) is 8.60. The summed E-state index contributed by atoms with van der Waals surface area (Å²) in [6.45, 7) is 15.0. The standard InChI is InChI=1S/C18H32N4/c1-16(2)22-12-10-21(11-13-22)9-5-8-20(4)15-18-14-19-7-6-17(18)3/h6-7,14,16H,5,8-13,15H2,1-4H3. The van der Waals surface area contributed by atoms with E-state index in [2.05, 4.69) is 53.6 Å². The molecule has 0 amide bonds. The summed E-state index contributed by atoms with van der Waals surface area (Å²) in [4.78, 5) is 11.8. The Morgan fingerprint density at radius 3 is 2.59 bits per heavy atom. The van der Waals surface area contributed by atoms with Gasteiger partial charge < -0.3 is 9.80 Å². The van der Waals surface area contributed by atoms with E-state index < -0.39 is 0 Å². The second-order valence-electron chi connectivity index (χ2n) is 6.86. The van der Waals surface area contributed by atoms with E-state index in [9.17, 15) is 0 Å². The minimum atomic E-state index is 0.691. The maximum absolute atomic E-state index is 4.23. The highest BCUT2D eigenvalue weighted by Crippen LogP contribution is 2.09. The topological polar surface area (TPSA) is 22.6 Å². The highest BCUT2D eigenvalue weighted by molar-refractivity contribution is 5.20. The van der Waals surface area contributed by atoms with Gasteiger partial charge in [0.15, 0.2) is 0 Å². The van der Waals surface area contributed by atoms with Gasteiger partial charge in [0.05, 0.1) is 0 Å². The van der Waals surface area contributed by atoms with Crippen LogP contribution in [0.15, 0.2) is 18.5 Å². The summed E-state index contributed by atoms with van der Waals surface area (Å²) in [5.41, 5.74) is 2.68. The van der Waals surface area contributed by atoms with Crippen LogP contribution >= 0.6 is 0 Å². The quantitative estimate of drug-likeness (QED) is 0.770. The summed E-state index contributed by atoms with van der Waals surface area (Å²) >= 11 is 0. The van der Waals surface area contributed by atoms with Crippen molar-refractivity contribution in [3.05, 3.63) is 29.6 Å². The molecule has 0 atom stereocenters. The molecule has 1 fully saturated rings. The molecule has 22 heavy (non-hydrogen) atoms. The fourth-order valence-electron chi connectivity index (χ4n) is 3.10. The van der Waals surface area contributed by atoms with Gasteiger partial charge in [0.2, 0.25) is 0 Å². The van der Waals surface area contributed by atoms with E-state index in [4.69, 9.17) is 0 Å². The molecule has 0 aromatic carbocycles. The van der Waals surface area contributed by atoms with E-state index >= 15 is 0 Å². The normalized spacial score (nSPS) is 17.5.